The molecule has 0 saturated heterocycles. The van der Waals surface area contributed by atoms with Gasteiger partial charge in [-0.15, -0.1) is 0 Å². The Balaban J connectivity index is 2.15. The van der Waals surface area contributed by atoms with E-state index in [0.29, 0.717) is 13.2 Å². The highest BCUT2D eigenvalue weighted by Gasteiger charge is 2.15. The fourth-order valence-corrected chi connectivity index (χ4v) is 1.79. The lowest BCUT2D eigenvalue weighted by Crippen LogP contribution is -2.29. The maximum Gasteiger partial charge on any atom is 0.238 e. The molecule has 17 heavy (non-hydrogen) atoms. The van der Waals surface area contributed by atoms with E-state index in [4.69, 9.17) is 4.74 Å². The molecular formula is C12H17N3O2. The molecule has 1 aromatic carbocycles. The maximum absolute atomic E-state index is 11.4. The van der Waals surface area contributed by atoms with Crippen molar-refractivity contribution >= 4 is 17.3 Å². The van der Waals surface area contributed by atoms with E-state index in [1.54, 1.807) is 7.05 Å². The van der Waals surface area contributed by atoms with Crippen molar-refractivity contribution in [3.8, 4) is 5.75 Å². The second-order valence-corrected chi connectivity index (χ2v) is 4.03. The van der Waals surface area contributed by atoms with Crippen molar-refractivity contribution < 1.29 is 9.53 Å². The summed E-state index contributed by atoms with van der Waals surface area (Å²) < 4.78 is 5.53. The number of fused-ring (bicyclic) bond motifs is 1. The minimum Gasteiger partial charge on any atom is -0.490 e. The van der Waals surface area contributed by atoms with Gasteiger partial charge in [0.1, 0.15) is 12.4 Å². The van der Waals surface area contributed by atoms with Crippen LogP contribution in [0.1, 0.15) is 0 Å². The number of carbonyl (C=O) groups is 1. The van der Waals surface area contributed by atoms with Gasteiger partial charge in [0.15, 0.2) is 0 Å². The number of hydrogen-bond donors (Lipinski definition) is 2. The SMILES string of the molecule is CNCC(=O)Nc1ccc2c(c1)N(C)CCO2. The van der Waals surface area contributed by atoms with E-state index in [9.17, 15) is 4.79 Å². The van der Waals surface area contributed by atoms with Crippen molar-refractivity contribution in [2.75, 3.05) is 44.0 Å². The number of hydrogen-bond acceptors (Lipinski definition) is 4. The van der Waals surface area contributed by atoms with Gasteiger partial charge in [-0.2, -0.15) is 0 Å². The average molecular weight is 235 g/mol. The van der Waals surface area contributed by atoms with Gasteiger partial charge in [-0.05, 0) is 25.2 Å². The largest absolute Gasteiger partial charge is 0.490 e. The van der Waals surface area contributed by atoms with Gasteiger partial charge in [-0.25, -0.2) is 0 Å². The molecule has 5 nitrogen and oxygen atoms in total. The van der Waals surface area contributed by atoms with Gasteiger partial charge >= 0.3 is 0 Å². The molecule has 2 N–H and O–H groups in total. The van der Waals surface area contributed by atoms with Crippen molar-refractivity contribution in [3.05, 3.63) is 18.2 Å². The first-order valence-electron chi connectivity index (χ1n) is 5.63. The Labute approximate surface area is 101 Å². The third kappa shape index (κ3) is 2.68. The zero-order valence-electron chi connectivity index (χ0n) is 10.1. The number of anilines is 2. The molecule has 0 aliphatic carbocycles. The Morgan fingerprint density at radius 1 is 1.53 bits per heavy atom. The van der Waals surface area contributed by atoms with Gasteiger partial charge in [-0.3, -0.25) is 4.79 Å². The van der Waals surface area contributed by atoms with Crippen LogP contribution in [0.5, 0.6) is 5.75 Å². The third-order valence-electron chi connectivity index (χ3n) is 2.68. The summed E-state index contributed by atoms with van der Waals surface area (Å²) in [5.41, 5.74) is 1.81. The first kappa shape index (κ1) is 11.7. The predicted octanol–water partition coefficient (Wildman–Crippen LogP) is 0.673. The predicted molar refractivity (Wildman–Crippen MR) is 67.8 cm³/mol. The third-order valence-corrected chi connectivity index (χ3v) is 2.68. The van der Waals surface area contributed by atoms with Gasteiger partial charge < -0.3 is 20.3 Å². The summed E-state index contributed by atoms with van der Waals surface area (Å²) in [5, 5.41) is 5.64. The second kappa shape index (κ2) is 5.05. The highest BCUT2D eigenvalue weighted by Crippen LogP contribution is 2.32. The van der Waals surface area contributed by atoms with Crippen LogP contribution >= 0.6 is 0 Å². The molecular weight excluding hydrogens is 218 g/mol. The molecule has 0 unspecified atom stereocenters. The molecule has 0 spiro atoms. The van der Waals surface area contributed by atoms with Crippen LogP contribution in [0.25, 0.3) is 0 Å². The zero-order valence-corrected chi connectivity index (χ0v) is 10.1. The molecule has 5 heteroatoms. The fraction of sp³-hybridized carbons (Fsp3) is 0.417. The Hall–Kier alpha value is -1.75. The van der Waals surface area contributed by atoms with E-state index in [0.717, 1.165) is 23.7 Å². The standard InChI is InChI=1S/C12H17N3O2/c1-13-8-12(16)14-9-3-4-11-10(7-9)15(2)5-6-17-11/h3-4,7,13H,5-6,8H2,1-2H3,(H,14,16). The summed E-state index contributed by atoms with van der Waals surface area (Å²) in [7, 11) is 3.76. The smallest absolute Gasteiger partial charge is 0.238 e. The van der Waals surface area contributed by atoms with Crippen LogP contribution in [0.2, 0.25) is 0 Å². The van der Waals surface area contributed by atoms with Crippen molar-refractivity contribution in [1.29, 1.82) is 0 Å². The van der Waals surface area contributed by atoms with Crippen LogP contribution in [0.4, 0.5) is 11.4 Å². The minimum atomic E-state index is -0.0492. The van der Waals surface area contributed by atoms with E-state index >= 15 is 0 Å². The lowest BCUT2D eigenvalue weighted by molar-refractivity contribution is -0.115. The highest BCUT2D eigenvalue weighted by atomic mass is 16.5. The highest BCUT2D eigenvalue weighted by molar-refractivity contribution is 5.93. The van der Waals surface area contributed by atoms with Crippen molar-refractivity contribution in [1.82, 2.24) is 5.32 Å². The van der Waals surface area contributed by atoms with Gasteiger partial charge in [0.2, 0.25) is 5.91 Å². The molecule has 1 amide bonds. The Morgan fingerprint density at radius 3 is 3.12 bits per heavy atom. The molecule has 0 bridgehead atoms. The summed E-state index contributed by atoms with van der Waals surface area (Å²) in [6.07, 6.45) is 0. The molecule has 0 atom stereocenters. The fourth-order valence-electron chi connectivity index (χ4n) is 1.79. The van der Waals surface area contributed by atoms with Crippen LogP contribution in [0.15, 0.2) is 18.2 Å². The van der Waals surface area contributed by atoms with E-state index in [-0.39, 0.29) is 5.91 Å². The number of nitrogens with one attached hydrogen (secondary N) is 2. The molecule has 1 aliphatic rings. The summed E-state index contributed by atoms with van der Waals surface area (Å²) in [5.74, 6) is 0.817. The van der Waals surface area contributed by atoms with Gasteiger partial charge in [0.05, 0.1) is 18.8 Å². The van der Waals surface area contributed by atoms with Crippen LogP contribution in [0.3, 0.4) is 0 Å². The van der Waals surface area contributed by atoms with Crippen molar-refractivity contribution in [2.45, 2.75) is 0 Å². The van der Waals surface area contributed by atoms with Crippen molar-refractivity contribution in [3.63, 3.8) is 0 Å². The maximum atomic E-state index is 11.4. The van der Waals surface area contributed by atoms with Crippen LogP contribution in [-0.2, 0) is 4.79 Å². The molecule has 1 aromatic rings. The Kier molecular flexibility index (Phi) is 3.49. The van der Waals surface area contributed by atoms with Crippen molar-refractivity contribution in [2.24, 2.45) is 0 Å². The Morgan fingerprint density at radius 2 is 2.35 bits per heavy atom. The number of benzene rings is 1. The first-order valence-corrected chi connectivity index (χ1v) is 5.63. The molecule has 1 aliphatic heterocycles. The lowest BCUT2D eigenvalue weighted by atomic mass is 10.2. The second-order valence-electron chi connectivity index (χ2n) is 4.03. The lowest BCUT2D eigenvalue weighted by Gasteiger charge is -2.28. The van der Waals surface area contributed by atoms with Gasteiger partial charge in [0.25, 0.3) is 0 Å². The van der Waals surface area contributed by atoms with Crippen LogP contribution in [0, 0.1) is 0 Å². The molecule has 0 saturated carbocycles. The molecule has 0 radical (unpaired) electrons. The van der Waals surface area contributed by atoms with E-state index in [1.165, 1.54) is 0 Å². The summed E-state index contributed by atoms with van der Waals surface area (Å²) in [4.78, 5) is 13.6. The quantitative estimate of drug-likeness (QED) is 0.808. The number of likely N-dealkylation sites (N-methyl/N-ethyl adjacent to an activating group) is 2. The molecule has 0 aromatic heterocycles. The summed E-state index contributed by atoms with van der Waals surface area (Å²) >= 11 is 0. The molecule has 92 valence electrons. The van der Waals surface area contributed by atoms with Crippen LogP contribution < -0.4 is 20.3 Å². The molecule has 2 rings (SSSR count). The first-order chi connectivity index (χ1) is 8.20. The Bertz CT molecular complexity index is 420. The van der Waals surface area contributed by atoms with E-state index in [2.05, 4.69) is 15.5 Å². The zero-order chi connectivity index (χ0) is 12.3. The normalized spacial score (nSPS) is 13.9. The topological polar surface area (TPSA) is 53.6 Å². The number of carbonyl (C=O) groups excluding carboxylic acids is 1. The number of amides is 1. The summed E-state index contributed by atoms with van der Waals surface area (Å²) in [6.45, 7) is 1.87. The number of ether oxygens (including phenoxy) is 1. The molecule has 0 fully saturated rings. The average Bonchev–Trinajstić information content (AvgIpc) is 2.30. The number of nitrogens with zero attached hydrogens (tertiary/aromatic N) is 1. The van der Waals surface area contributed by atoms with Gasteiger partial charge in [0, 0.05) is 12.7 Å². The van der Waals surface area contributed by atoms with Gasteiger partial charge in [-0.1, -0.05) is 0 Å². The van der Waals surface area contributed by atoms with E-state index < -0.39 is 0 Å². The molecule has 1 heterocycles. The van der Waals surface area contributed by atoms with E-state index in [1.807, 2.05) is 25.2 Å². The monoisotopic (exact) mass is 235 g/mol. The number of rotatable bonds is 3. The summed E-state index contributed by atoms with van der Waals surface area (Å²) in [6, 6.07) is 5.67. The minimum absolute atomic E-state index is 0.0492. The van der Waals surface area contributed by atoms with Crippen LogP contribution in [-0.4, -0.2) is 39.7 Å².